The smallest absolute Gasteiger partial charge is 0.407 e. The predicted octanol–water partition coefficient (Wildman–Crippen LogP) is 3.41. The Morgan fingerprint density at radius 2 is 1.92 bits per heavy atom. The molecule has 1 saturated heterocycles. The van der Waals surface area contributed by atoms with Crippen molar-refractivity contribution in [2.24, 2.45) is 0 Å². The molecule has 136 valence electrons. The van der Waals surface area contributed by atoms with Gasteiger partial charge in [-0.05, 0) is 35.9 Å². The molecule has 1 amide bonds. The number of rotatable bonds is 4. The van der Waals surface area contributed by atoms with Gasteiger partial charge >= 0.3 is 12.1 Å². The normalized spacial score (nSPS) is 16.4. The number of hydrogen-bond donors (Lipinski definition) is 1. The molecule has 0 unspecified atom stereocenters. The Bertz CT molecular complexity index is 821. The topological polar surface area (TPSA) is 76.1 Å². The third-order valence-electron chi connectivity index (χ3n) is 4.27. The molecule has 1 aliphatic rings. The number of benzene rings is 2. The molecule has 0 aliphatic carbocycles. The van der Waals surface area contributed by atoms with Gasteiger partial charge in [-0.3, -0.25) is 0 Å². The first-order chi connectivity index (χ1) is 12.5. The van der Waals surface area contributed by atoms with E-state index in [9.17, 15) is 14.0 Å². The molecule has 7 heteroatoms. The van der Waals surface area contributed by atoms with Gasteiger partial charge in [0.1, 0.15) is 17.7 Å². The third kappa shape index (κ3) is 3.77. The fourth-order valence-electron chi connectivity index (χ4n) is 2.91. The van der Waals surface area contributed by atoms with Crippen molar-refractivity contribution in [1.29, 1.82) is 0 Å². The first-order valence-electron chi connectivity index (χ1n) is 8.10. The van der Waals surface area contributed by atoms with Crippen molar-refractivity contribution in [3.63, 3.8) is 0 Å². The van der Waals surface area contributed by atoms with E-state index < -0.39 is 12.1 Å². The molecule has 1 atom stereocenters. The fourth-order valence-corrected chi connectivity index (χ4v) is 2.91. The molecule has 2 aromatic rings. The van der Waals surface area contributed by atoms with Gasteiger partial charge in [-0.25, -0.2) is 14.0 Å². The van der Waals surface area contributed by atoms with Crippen LogP contribution in [0.1, 0.15) is 16.8 Å². The molecule has 26 heavy (non-hydrogen) atoms. The van der Waals surface area contributed by atoms with Crippen molar-refractivity contribution >= 4 is 12.1 Å². The van der Waals surface area contributed by atoms with Crippen LogP contribution in [0.15, 0.2) is 42.5 Å². The van der Waals surface area contributed by atoms with E-state index in [1.165, 1.54) is 24.1 Å². The quantitative estimate of drug-likeness (QED) is 0.847. The van der Waals surface area contributed by atoms with Gasteiger partial charge < -0.3 is 19.5 Å². The second-order valence-corrected chi connectivity index (χ2v) is 5.97. The summed E-state index contributed by atoms with van der Waals surface area (Å²) in [7, 11) is 1.29. The van der Waals surface area contributed by atoms with E-state index in [0.29, 0.717) is 35.4 Å². The Kier molecular flexibility index (Phi) is 5.06. The lowest BCUT2D eigenvalue weighted by atomic mass is 10.0. The van der Waals surface area contributed by atoms with Crippen molar-refractivity contribution in [2.75, 3.05) is 20.2 Å². The van der Waals surface area contributed by atoms with Crippen molar-refractivity contribution in [2.45, 2.75) is 12.5 Å². The van der Waals surface area contributed by atoms with Gasteiger partial charge in [0, 0.05) is 18.5 Å². The number of likely N-dealkylation sites (tertiary alicyclic amines) is 1. The molecule has 0 radical (unpaired) electrons. The molecule has 0 saturated carbocycles. The van der Waals surface area contributed by atoms with E-state index in [4.69, 9.17) is 14.6 Å². The summed E-state index contributed by atoms with van der Waals surface area (Å²) in [6.45, 7) is 0.684. The Labute approximate surface area is 149 Å². The van der Waals surface area contributed by atoms with Crippen LogP contribution in [0.3, 0.4) is 0 Å². The molecule has 0 aromatic heterocycles. The lowest BCUT2D eigenvalue weighted by molar-refractivity contribution is 0.0600. The molecule has 0 spiro atoms. The van der Waals surface area contributed by atoms with Gasteiger partial charge in [0.25, 0.3) is 0 Å². The lowest BCUT2D eigenvalue weighted by Crippen LogP contribution is -2.29. The summed E-state index contributed by atoms with van der Waals surface area (Å²) < 4.78 is 24.0. The van der Waals surface area contributed by atoms with Crippen LogP contribution >= 0.6 is 0 Å². The molecular weight excluding hydrogens is 341 g/mol. The van der Waals surface area contributed by atoms with Crippen LogP contribution in [0.2, 0.25) is 0 Å². The van der Waals surface area contributed by atoms with Crippen LogP contribution in [0.5, 0.6) is 5.75 Å². The second kappa shape index (κ2) is 7.43. The summed E-state index contributed by atoms with van der Waals surface area (Å²) in [4.78, 5) is 24.2. The number of nitrogens with zero attached hydrogens (tertiary/aromatic N) is 1. The van der Waals surface area contributed by atoms with Crippen LogP contribution in [0, 0.1) is 5.82 Å². The van der Waals surface area contributed by atoms with E-state index in [0.717, 1.165) is 0 Å². The Hall–Kier alpha value is -3.09. The van der Waals surface area contributed by atoms with Crippen molar-refractivity contribution in [3.05, 3.63) is 53.8 Å². The second-order valence-electron chi connectivity index (χ2n) is 5.97. The molecule has 0 bridgehead atoms. The van der Waals surface area contributed by atoms with Gasteiger partial charge in [0.05, 0.1) is 19.2 Å². The Morgan fingerprint density at radius 1 is 1.19 bits per heavy atom. The Balaban J connectivity index is 1.92. The minimum absolute atomic E-state index is 0.275. The van der Waals surface area contributed by atoms with Gasteiger partial charge in [0.15, 0.2) is 0 Å². The zero-order chi connectivity index (χ0) is 18.7. The summed E-state index contributed by atoms with van der Waals surface area (Å²) in [5.41, 5.74) is 1.64. The van der Waals surface area contributed by atoms with E-state index in [1.54, 1.807) is 30.3 Å². The van der Waals surface area contributed by atoms with Crippen molar-refractivity contribution in [1.82, 2.24) is 4.90 Å². The molecule has 6 nitrogen and oxygen atoms in total. The minimum atomic E-state index is -0.976. The van der Waals surface area contributed by atoms with E-state index in [-0.39, 0.29) is 18.5 Å². The largest absolute Gasteiger partial charge is 0.488 e. The van der Waals surface area contributed by atoms with Crippen LogP contribution in [0.25, 0.3) is 11.1 Å². The molecule has 1 fully saturated rings. The predicted molar refractivity (Wildman–Crippen MR) is 91.8 cm³/mol. The highest BCUT2D eigenvalue weighted by Gasteiger charge is 2.28. The highest BCUT2D eigenvalue weighted by molar-refractivity contribution is 5.92. The van der Waals surface area contributed by atoms with Crippen LogP contribution < -0.4 is 4.74 Å². The number of ether oxygens (including phenoxy) is 2. The number of halogens is 1. The van der Waals surface area contributed by atoms with E-state index in [1.807, 2.05) is 0 Å². The zero-order valence-electron chi connectivity index (χ0n) is 14.1. The average Bonchev–Trinajstić information content (AvgIpc) is 3.11. The molecule has 1 heterocycles. The van der Waals surface area contributed by atoms with Gasteiger partial charge in [-0.15, -0.1) is 0 Å². The first-order valence-corrected chi connectivity index (χ1v) is 8.10. The molecule has 1 aliphatic heterocycles. The summed E-state index contributed by atoms with van der Waals surface area (Å²) >= 11 is 0. The van der Waals surface area contributed by atoms with Gasteiger partial charge in [0.2, 0.25) is 0 Å². The SMILES string of the molecule is COC(=O)c1ccc(O[C@H]2CCN(C(=O)O)C2)c(-c2ccc(F)cc2)c1. The zero-order valence-corrected chi connectivity index (χ0v) is 14.1. The molecule has 1 N–H and O–H groups in total. The maximum Gasteiger partial charge on any atom is 0.407 e. The number of carbonyl (C=O) groups is 2. The van der Waals surface area contributed by atoms with Gasteiger partial charge in [-0.2, -0.15) is 0 Å². The van der Waals surface area contributed by atoms with Crippen LogP contribution in [0.4, 0.5) is 9.18 Å². The van der Waals surface area contributed by atoms with Crippen molar-refractivity contribution in [3.8, 4) is 16.9 Å². The summed E-state index contributed by atoms with van der Waals surface area (Å²) in [6.07, 6.45) is -0.682. The maximum atomic E-state index is 13.2. The number of carbonyl (C=O) groups excluding carboxylic acids is 1. The average molecular weight is 359 g/mol. The summed E-state index contributed by atoms with van der Waals surface area (Å²) in [6, 6.07) is 10.7. The summed E-state index contributed by atoms with van der Waals surface area (Å²) in [5.74, 6) is -0.354. The number of methoxy groups -OCH3 is 1. The number of hydrogen-bond acceptors (Lipinski definition) is 4. The highest BCUT2D eigenvalue weighted by Crippen LogP contribution is 2.33. The first kappa shape index (κ1) is 17.7. The summed E-state index contributed by atoms with van der Waals surface area (Å²) in [5, 5.41) is 9.06. The van der Waals surface area contributed by atoms with Gasteiger partial charge in [-0.1, -0.05) is 12.1 Å². The fraction of sp³-hybridized carbons (Fsp3) is 0.263. The van der Waals surface area contributed by atoms with Crippen molar-refractivity contribution < 1.29 is 28.6 Å². The van der Waals surface area contributed by atoms with E-state index in [2.05, 4.69) is 0 Å². The lowest BCUT2D eigenvalue weighted by Gasteiger charge is -2.18. The number of esters is 1. The van der Waals surface area contributed by atoms with Crippen LogP contribution in [-0.4, -0.2) is 48.4 Å². The Morgan fingerprint density at radius 3 is 2.54 bits per heavy atom. The standard InChI is InChI=1S/C19H18FNO5/c1-25-18(22)13-4-7-17(26-15-8-9-21(11-15)19(23)24)16(10-13)12-2-5-14(20)6-3-12/h2-7,10,15H,8-9,11H2,1H3,(H,23,24)/t15-/m0/s1. The monoisotopic (exact) mass is 359 g/mol. The molecular formula is C19H18FNO5. The molecule has 2 aromatic carbocycles. The maximum absolute atomic E-state index is 13.2. The van der Waals surface area contributed by atoms with Crippen LogP contribution in [-0.2, 0) is 4.74 Å². The number of carboxylic acid groups (broad SMARTS) is 1. The minimum Gasteiger partial charge on any atom is -0.488 e. The third-order valence-corrected chi connectivity index (χ3v) is 4.27. The highest BCUT2D eigenvalue weighted by atomic mass is 19.1. The van der Waals surface area contributed by atoms with E-state index >= 15 is 0 Å². The molecule has 3 rings (SSSR count). The number of amides is 1.